The Labute approximate surface area is 203 Å². The van der Waals surface area contributed by atoms with Crippen molar-refractivity contribution >= 4 is 23.2 Å². The van der Waals surface area contributed by atoms with Gasteiger partial charge in [0.1, 0.15) is 17.4 Å². The zero-order chi connectivity index (χ0) is 24.0. The van der Waals surface area contributed by atoms with E-state index in [1.165, 1.54) is 0 Å². The van der Waals surface area contributed by atoms with Crippen LogP contribution in [0.25, 0.3) is 11.1 Å². The number of ether oxygens (including phenoxy) is 2. The van der Waals surface area contributed by atoms with Gasteiger partial charge >= 0.3 is 0 Å². The van der Waals surface area contributed by atoms with Crippen LogP contribution >= 0.6 is 0 Å². The number of nitrogens with zero attached hydrogens (tertiary/aromatic N) is 5. The summed E-state index contributed by atoms with van der Waals surface area (Å²) in [6.07, 6.45) is 8.15. The van der Waals surface area contributed by atoms with E-state index in [0.29, 0.717) is 17.8 Å². The smallest absolute Gasteiger partial charge is 0.256 e. The Hall–Kier alpha value is -3.72. The van der Waals surface area contributed by atoms with Crippen LogP contribution in [0.15, 0.2) is 47.8 Å². The van der Waals surface area contributed by atoms with Gasteiger partial charge in [0.2, 0.25) is 0 Å². The lowest BCUT2D eigenvalue weighted by Gasteiger charge is -2.22. The van der Waals surface area contributed by atoms with Gasteiger partial charge in [-0.3, -0.25) is 9.48 Å². The second-order valence-electron chi connectivity index (χ2n) is 9.61. The molecule has 1 amide bonds. The number of fused-ring (bicyclic) bond motifs is 1. The zero-order valence-electron chi connectivity index (χ0n) is 20.0. The number of hydrogen-bond donors (Lipinski definition) is 1. The van der Waals surface area contributed by atoms with Gasteiger partial charge in [-0.15, -0.1) is 0 Å². The Morgan fingerprint density at radius 1 is 1.26 bits per heavy atom. The summed E-state index contributed by atoms with van der Waals surface area (Å²) < 4.78 is 13.0. The average molecular weight is 473 g/mol. The molecular formula is C26H28N6O3. The van der Waals surface area contributed by atoms with E-state index in [0.717, 1.165) is 73.1 Å². The molecule has 1 aromatic carbocycles. The number of amidine groups is 1. The van der Waals surface area contributed by atoms with E-state index < -0.39 is 0 Å². The number of amides is 1. The van der Waals surface area contributed by atoms with Crippen LogP contribution in [0.4, 0.5) is 11.5 Å². The number of nitrogens with one attached hydrogen (secondary N) is 1. The van der Waals surface area contributed by atoms with Crippen LogP contribution in [-0.2, 0) is 18.2 Å². The molecule has 35 heavy (non-hydrogen) atoms. The average Bonchev–Trinajstić information content (AvgIpc) is 3.67. The number of pyridine rings is 1. The number of aliphatic imine (C=N–C) groups is 1. The van der Waals surface area contributed by atoms with E-state index in [2.05, 4.69) is 20.3 Å². The Balaban J connectivity index is 1.22. The maximum atomic E-state index is 13.2. The molecule has 1 N–H and O–H groups in total. The van der Waals surface area contributed by atoms with E-state index in [4.69, 9.17) is 14.5 Å². The first kappa shape index (κ1) is 21.8. The van der Waals surface area contributed by atoms with Crippen LogP contribution in [0, 0.1) is 5.41 Å². The first-order chi connectivity index (χ1) is 17.0. The van der Waals surface area contributed by atoms with Crippen LogP contribution < -0.4 is 15.0 Å². The van der Waals surface area contributed by atoms with Crippen LogP contribution in [0.2, 0.25) is 0 Å². The van der Waals surface area contributed by atoms with Gasteiger partial charge in [0.05, 0.1) is 25.6 Å². The molecule has 3 aliphatic rings. The highest BCUT2D eigenvalue weighted by Crippen LogP contribution is 2.42. The molecule has 2 saturated heterocycles. The van der Waals surface area contributed by atoms with Crippen molar-refractivity contribution in [3.63, 3.8) is 0 Å². The van der Waals surface area contributed by atoms with Crippen LogP contribution in [0.1, 0.15) is 28.8 Å². The summed E-state index contributed by atoms with van der Waals surface area (Å²) in [5, 5.41) is 7.29. The van der Waals surface area contributed by atoms with Crippen molar-refractivity contribution in [2.24, 2.45) is 17.5 Å². The Morgan fingerprint density at radius 2 is 2.17 bits per heavy atom. The number of methoxy groups -OCH3 is 1. The van der Waals surface area contributed by atoms with Gasteiger partial charge in [0.15, 0.2) is 0 Å². The molecule has 9 heteroatoms. The molecule has 2 aromatic heterocycles. The lowest BCUT2D eigenvalue weighted by Crippen LogP contribution is -2.31. The molecule has 3 aliphatic heterocycles. The normalized spacial score (nSPS) is 20.9. The minimum atomic E-state index is -0.194. The minimum absolute atomic E-state index is 0.194. The first-order valence-electron chi connectivity index (χ1n) is 11.9. The van der Waals surface area contributed by atoms with Crippen LogP contribution in [-0.4, -0.2) is 59.9 Å². The predicted octanol–water partition coefficient (Wildman–Crippen LogP) is 3.12. The molecule has 180 valence electrons. The van der Waals surface area contributed by atoms with Crippen molar-refractivity contribution in [2.75, 3.05) is 38.3 Å². The van der Waals surface area contributed by atoms with Crippen molar-refractivity contribution in [1.29, 1.82) is 0 Å². The fraction of sp³-hybridized carbons (Fsp3) is 0.385. The molecule has 3 aromatic rings. The molecule has 0 saturated carbocycles. The number of carbonyl (C=O) groups is 1. The molecule has 1 atom stereocenters. The SMILES string of the molecule is COc1ccc(-c2cnn(C)c2)c2c1CC(NC(=O)c1ccnc(N3CCC4(CCOC4)C3)c1)=N2. The van der Waals surface area contributed by atoms with Gasteiger partial charge in [-0.1, -0.05) is 0 Å². The number of rotatable bonds is 4. The first-order valence-corrected chi connectivity index (χ1v) is 11.9. The molecule has 0 bridgehead atoms. The second-order valence-corrected chi connectivity index (χ2v) is 9.61. The fourth-order valence-corrected chi connectivity index (χ4v) is 5.35. The van der Waals surface area contributed by atoms with E-state index in [9.17, 15) is 4.79 Å². The van der Waals surface area contributed by atoms with E-state index in [1.807, 2.05) is 37.6 Å². The lowest BCUT2D eigenvalue weighted by molar-refractivity contribution is 0.0976. The summed E-state index contributed by atoms with van der Waals surface area (Å²) in [6.45, 7) is 3.50. The van der Waals surface area contributed by atoms with E-state index in [1.54, 1.807) is 24.1 Å². The zero-order valence-corrected chi connectivity index (χ0v) is 20.0. The van der Waals surface area contributed by atoms with Crippen molar-refractivity contribution in [2.45, 2.75) is 19.3 Å². The lowest BCUT2D eigenvalue weighted by atomic mass is 9.87. The summed E-state index contributed by atoms with van der Waals surface area (Å²) in [7, 11) is 3.53. The largest absolute Gasteiger partial charge is 0.496 e. The predicted molar refractivity (Wildman–Crippen MR) is 132 cm³/mol. The molecule has 9 nitrogen and oxygen atoms in total. The summed E-state index contributed by atoms with van der Waals surface area (Å²) in [5.74, 6) is 1.99. The molecule has 1 spiro atoms. The third-order valence-corrected chi connectivity index (χ3v) is 7.28. The third kappa shape index (κ3) is 3.95. The van der Waals surface area contributed by atoms with Gasteiger partial charge in [-0.25, -0.2) is 9.98 Å². The summed E-state index contributed by atoms with van der Waals surface area (Å²) in [6, 6.07) is 7.53. The molecule has 2 fully saturated rings. The topological polar surface area (TPSA) is 93.9 Å². The van der Waals surface area contributed by atoms with Crippen LogP contribution in [0.5, 0.6) is 5.75 Å². The summed E-state index contributed by atoms with van der Waals surface area (Å²) in [5.41, 5.74) is 4.50. The second kappa shape index (κ2) is 8.49. The molecular weight excluding hydrogens is 444 g/mol. The van der Waals surface area contributed by atoms with Crippen molar-refractivity contribution < 1.29 is 14.3 Å². The molecule has 0 radical (unpaired) electrons. The van der Waals surface area contributed by atoms with Gasteiger partial charge in [0, 0.05) is 73.2 Å². The standard InChI is InChI=1S/C26H28N6O3/c1-31-14-18(13-28-31)19-3-4-21(34-2)20-12-22(29-24(19)20)30-25(33)17-5-8-27-23(11-17)32-9-6-26(15-32)7-10-35-16-26/h3-5,8,11,13-14H,6-7,9-10,12,15-16H2,1-2H3,(H,29,30,33). The Bertz CT molecular complexity index is 1320. The van der Waals surface area contributed by atoms with Gasteiger partial charge in [-0.05, 0) is 37.1 Å². The monoisotopic (exact) mass is 472 g/mol. The van der Waals surface area contributed by atoms with Crippen molar-refractivity contribution in [3.05, 3.63) is 54.0 Å². The van der Waals surface area contributed by atoms with E-state index in [-0.39, 0.29) is 11.3 Å². The number of aryl methyl sites for hydroxylation is 1. The van der Waals surface area contributed by atoms with Crippen molar-refractivity contribution in [1.82, 2.24) is 20.1 Å². The highest BCUT2D eigenvalue weighted by molar-refractivity contribution is 6.10. The highest BCUT2D eigenvalue weighted by atomic mass is 16.5. The molecule has 1 unspecified atom stereocenters. The molecule has 0 aliphatic carbocycles. The number of hydrogen-bond acceptors (Lipinski definition) is 7. The Morgan fingerprint density at radius 3 is 2.94 bits per heavy atom. The minimum Gasteiger partial charge on any atom is -0.496 e. The van der Waals surface area contributed by atoms with Gasteiger partial charge in [-0.2, -0.15) is 5.10 Å². The van der Waals surface area contributed by atoms with Gasteiger partial charge < -0.3 is 19.7 Å². The number of aromatic nitrogens is 3. The number of carbonyl (C=O) groups excluding carboxylic acids is 1. The molecule has 6 rings (SSSR count). The maximum Gasteiger partial charge on any atom is 0.256 e. The van der Waals surface area contributed by atoms with E-state index >= 15 is 0 Å². The number of anilines is 1. The van der Waals surface area contributed by atoms with Gasteiger partial charge in [0.25, 0.3) is 5.91 Å². The molecule has 5 heterocycles. The summed E-state index contributed by atoms with van der Waals surface area (Å²) >= 11 is 0. The third-order valence-electron chi connectivity index (χ3n) is 7.28. The summed E-state index contributed by atoms with van der Waals surface area (Å²) in [4.78, 5) is 24.8. The van der Waals surface area contributed by atoms with Crippen molar-refractivity contribution in [3.8, 4) is 16.9 Å². The highest BCUT2D eigenvalue weighted by Gasteiger charge is 2.41. The van der Waals surface area contributed by atoms with Crippen LogP contribution in [0.3, 0.4) is 0 Å². The quantitative estimate of drug-likeness (QED) is 0.627. The fourth-order valence-electron chi connectivity index (χ4n) is 5.35. The number of benzene rings is 1. The maximum absolute atomic E-state index is 13.2. The Kier molecular flexibility index (Phi) is 5.29.